The maximum Gasteiger partial charge on any atom is 0.211 e. The third-order valence-electron chi connectivity index (χ3n) is 11.1. The highest BCUT2D eigenvalue weighted by molar-refractivity contribution is 6.13. The summed E-state index contributed by atoms with van der Waals surface area (Å²) in [5.74, 6) is 0. The van der Waals surface area contributed by atoms with Crippen LogP contribution >= 0.6 is 0 Å². The Balaban J connectivity index is 1.06. The van der Waals surface area contributed by atoms with E-state index >= 15 is 0 Å². The molecule has 0 spiro atoms. The Hall–Kier alpha value is -7.86. The minimum Gasteiger partial charge on any atom is -0.319 e. The number of benzene rings is 8. The molecule has 5 nitrogen and oxygen atoms in total. The summed E-state index contributed by atoms with van der Waals surface area (Å²) in [7, 11) is 0. The van der Waals surface area contributed by atoms with Crippen LogP contribution in [0.3, 0.4) is 0 Å². The van der Waals surface area contributed by atoms with Crippen molar-refractivity contribution in [2.75, 3.05) is 0 Å². The smallest absolute Gasteiger partial charge is 0.211 e. The SMILES string of the molecule is [C-]#[N+]c1cc(-c2cccc(-n3c4ccccc4c4cc(-n5c6ccccc6c6ccccc65)ccc43)c2)ccc1-n1c2ccccc2c2ccc(C#N)cc21. The van der Waals surface area contributed by atoms with Crippen LogP contribution in [0.1, 0.15) is 5.56 Å². The average molecular weight is 700 g/mol. The van der Waals surface area contributed by atoms with Crippen molar-refractivity contribution in [2.24, 2.45) is 0 Å². The minimum atomic E-state index is 0.544. The first-order valence-corrected chi connectivity index (χ1v) is 18.3. The van der Waals surface area contributed by atoms with Crippen molar-refractivity contribution in [3.8, 4) is 34.3 Å². The van der Waals surface area contributed by atoms with Crippen LogP contribution < -0.4 is 0 Å². The van der Waals surface area contributed by atoms with Crippen LogP contribution in [-0.2, 0) is 0 Å². The number of hydrogen-bond acceptors (Lipinski definition) is 1. The second-order valence-corrected chi connectivity index (χ2v) is 14.0. The van der Waals surface area contributed by atoms with E-state index in [0.717, 1.165) is 61.0 Å². The van der Waals surface area contributed by atoms with E-state index in [4.69, 9.17) is 6.57 Å². The molecule has 0 saturated heterocycles. The maximum absolute atomic E-state index is 9.71. The van der Waals surface area contributed by atoms with Gasteiger partial charge in [-0.1, -0.05) is 97.1 Å². The predicted octanol–water partition coefficient (Wildman–Crippen LogP) is 13.1. The minimum absolute atomic E-state index is 0.544. The summed E-state index contributed by atoms with van der Waals surface area (Å²) < 4.78 is 6.83. The number of rotatable bonds is 4. The van der Waals surface area contributed by atoms with E-state index in [1.54, 1.807) is 0 Å². The molecular weight excluding hydrogens is 671 g/mol. The van der Waals surface area contributed by atoms with Crippen LogP contribution in [0.2, 0.25) is 0 Å². The molecule has 55 heavy (non-hydrogen) atoms. The first-order chi connectivity index (χ1) is 27.2. The van der Waals surface area contributed by atoms with E-state index in [-0.39, 0.29) is 0 Å². The number of aromatic nitrogens is 3. The number of hydrogen-bond donors (Lipinski definition) is 0. The molecule has 11 rings (SSSR count). The van der Waals surface area contributed by atoms with Crippen LogP contribution in [-0.4, -0.2) is 13.7 Å². The highest BCUT2D eigenvalue weighted by Gasteiger charge is 2.19. The largest absolute Gasteiger partial charge is 0.319 e. The molecule has 0 amide bonds. The average Bonchev–Trinajstić information content (AvgIpc) is 3.88. The molecule has 0 aliphatic rings. The molecular formula is C50H29N5. The Kier molecular flexibility index (Phi) is 6.61. The highest BCUT2D eigenvalue weighted by Crippen LogP contribution is 2.40. The zero-order chi connectivity index (χ0) is 36.6. The predicted molar refractivity (Wildman–Crippen MR) is 226 cm³/mol. The summed E-state index contributed by atoms with van der Waals surface area (Å²) in [5, 5.41) is 16.7. The van der Waals surface area contributed by atoms with Gasteiger partial charge in [-0.15, -0.1) is 0 Å². The van der Waals surface area contributed by atoms with E-state index in [0.29, 0.717) is 11.3 Å². The molecule has 0 bridgehead atoms. The van der Waals surface area contributed by atoms with Crippen LogP contribution in [0.15, 0.2) is 176 Å². The Morgan fingerprint density at radius 3 is 1.55 bits per heavy atom. The molecule has 0 aliphatic carbocycles. The topological polar surface area (TPSA) is 42.9 Å². The molecule has 0 radical (unpaired) electrons. The summed E-state index contributed by atoms with van der Waals surface area (Å²) in [4.78, 5) is 4.05. The van der Waals surface area contributed by atoms with Crippen LogP contribution in [0.25, 0.3) is 98.5 Å². The lowest BCUT2D eigenvalue weighted by molar-refractivity contribution is 1.16. The standard InChI is InChI=1S/C50H29N5/c1-52-43-29-34(22-25-49(43)55-47-20-9-4-15-39(47)41-24-21-32(31-51)27-50(41)55)33-11-10-12-35(28-33)53-46-19-8-5-16-40(46)42-30-36(23-26-48(42)53)54-44-17-6-2-13-37(44)38-14-3-7-18-45(38)54/h2-30H. The molecule has 0 unspecified atom stereocenters. The molecule has 11 aromatic rings. The van der Waals surface area contributed by atoms with Crippen molar-refractivity contribution >= 4 is 71.1 Å². The Morgan fingerprint density at radius 1 is 0.400 bits per heavy atom. The second-order valence-electron chi connectivity index (χ2n) is 14.0. The fraction of sp³-hybridized carbons (Fsp3) is 0. The number of nitrogens with zero attached hydrogens (tertiary/aromatic N) is 5. The summed E-state index contributed by atoms with van der Waals surface area (Å²) in [6.07, 6.45) is 0. The van der Waals surface area contributed by atoms with Crippen LogP contribution in [0.5, 0.6) is 0 Å². The van der Waals surface area contributed by atoms with Gasteiger partial charge in [-0.3, -0.25) is 0 Å². The quantitative estimate of drug-likeness (QED) is 0.169. The van der Waals surface area contributed by atoms with E-state index in [2.05, 4.69) is 158 Å². The number of nitriles is 1. The van der Waals surface area contributed by atoms with Gasteiger partial charge in [0.05, 0.1) is 57.0 Å². The third-order valence-corrected chi connectivity index (χ3v) is 11.1. The molecule has 0 atom stereocenters. The fourth-order valence-electron chi connectivity index (χ4n) is 8.68. The van der Waals surface area contributed by atoms with Gasteiger partial charge in [0.15, 0.2) is 0 Å². The summed E-state index contributed by atoms with van der Waals surface area (Å²) in [6, 6.07) is 63.6. The van der Waals surface area contributed by atoms with E-state index in [9.17, 15) is 5.26 Å². The van der Waals surface area contributed by atoms with Gasteiger partial charge < -0.3 is 13.7 Å². The molecule has 3 aromatic heterocycles. The molecule has 3 heterocycles. The zero-order valence-electron chi connectivity index (χ0n) is 29.5. The van der Waals surface area contributed by atoms with E-state index < -0.39 is 0 Å². The van der Waals surface area contributed by atoms with Gasteiger partial charge in [0.2, 0.25) is 5.69 Å². The molecule has 0 saturated carbocycles. The van der Waals surface area contributed by atoms with Gasteiger partial charge in [0.1, 0.15) is 0 Å². The van der Waals surface area contributed by atoms with Crippen LogP contribution in [0.4, 0.5) is 5.69 Å². The Bertz CT molecular complexity index is 3420. The van der Waals surface area contributed by atoms with E-state index in [1.807, 2.05) is 42.5 Å². The molecule has 5 heteroatoms. The van der Waals surface area contributed by atoms with Crippen molar-refractivity contribution < 1.29 is 0 Å². The monoisotopic (exact) mass is 699 g/mol. The second kappa shape index (κ2) is 11.8. The van der Waals surface area contributed by atoms with Crippen molar-refractivity contribution in [1.82, 2.24) is 13.7 Å². The fourth-order valence-corrected chi connectivity index (χ4v) is 8.68. The van der Waals surface area contributed by atoms with Gasteiger partial charge in [-0.25, -0.2) is 4.85 Å². The molecule has 254 valence electrons. The van der Waals surface area contributed by atoms with Gasteiger partial charge in [0.25, 0.3) is 0 Å². The van der Waals surface area contributed by atoms with Crippen LogP contribution in [0, 0.1) is 17.9 Å². The van der Waals surface area contributed by atoms with Gasteiger partial charge in [-0.2, -0.15) is 5.26 Å². The summed E-state index contributed by atoms with van der Waals surface area (Å²) in [5.41, 5.74) is 12.6. The van der Waals surface area contributed by atoms with Crippen molar-refractivity contribution in [1.29, 1.82) is 5.26 Å². The Labute approximate surface area is 316 Å². The van der Waals surface area contributed by atoms with Crippen molar-refractivity contribution in [3.05, 3.63) is 193 Å². The zero-order valence-corrected chi connectivity index (χ0v) is 29.5. The normalized spacial score (nSPS) is 11.6. The van der Waals surface area contributed by atoms with E-state index in [1.165, 1.54) is 32.6 Å². The maximum atomic E-state index is 9.71. The lowest BCUT2D eigenvalue weighted by Gasteiger charge is -2.14. The highest BCUT2D eigenvalue weighted by atomic mass is 15.0. The first-order valence-electron chi connectivity index (χ1n) is 18.3. The molecule has 0 N–H and O–H groups in total. The van der Waals surface area contributed by atoms with Gasteiger partial charge >= 0.3 is 0 Å². The molecule has 0 aliphatic heterocycles. The Morgan fingerprint density at radius 2 is 0.927 bits per heavy atom. The van der Waals surface area contributed by atoms with Crippen molar-refractivity contribution in [2.45, 2.75) is 0 Å². The molecule has 8 aromatic carbocycles. The van der Waals surface area contributed by atoms with Crippen molar-refractivity contribution in [3.63, 3.8) is 0 Å². The number of fused-ring (bicyclic) bond motifs is 9. The van der Waals surface area contributed by atoms with Gasteiger partial charge in [-0.05, 0) is 90.0 Å². The summed E-state index contributed by atoms with van der Waals surface area (Å²) >= 11 is 0. The number of para-hydroxylation sites is 4. The molecule has 0 fully saturated rings. The lowest BCUT2D eigenvalue weighted by atomic mass is 10.0. The lowest BCUT2D eigenvalue weighted by Crippen LogP contribution is -1.96. The summed E-state index contributed by atoms with van der Waals surface area (Å²) in [6.45, 7) is 8.29. The third kappa shape index (κ3) is 4.51. The first kappa shape index (κ1) is 30.7. The van der Waals surface area contributed by atoms with Gasteiger partial charge in [0, 0.05) is 43.7 Å².